The van der Waals surface area contributed by atoms with E-state index in [4.69, 9.17) is 0 Å². The van der Waals surface area contributed by atoms with Crippen LogP contribution < -0.4 is 0 Å². The molecule has 74 valence electrons. The van der Waals surface area contributed by atoms with Crippen molar-refractivity contribution in [2.45, 2.75) is 19.4 Å². The first-order valence-electron chi connectivity index (χ1n) is 4.75. The van der Waals surface area contributed by atoms with E-state index < -0.39 is 0 Å². The van der Waals surface area contributed by atoms with E-state index in [0.29, 0.717) is 6.42 Å². The Morgan fingerprint density at radius 3 is 3.07 bits per heavy atom. The Labute approximate surface area is 83.0 Å². The number of hydrogen-bond donors (Lipinski definition) is 1. The Morgan fingerprint density at radius 2 is 2.36 bits per heavy atom. The van der Waals surface area contributed by atoms with Crippen molar-refractivity contribution in [3.8, 4) is 0 Å². The van der Waals surface area contributed by atoms with E-state index in [0.717, 1.165) is 16.6 Å². The third kappa shape index (κ3) is 1.51. The summed E-state index contributed by atoms with van der Waals surface area (Å²) in [5, 5.41) is 10.5. The van der Waals surface area contributed by atoms with E-state index >= 15 is 0 Å². The zero-order chi connectivity index (χ0) is 10.1. The molecule has 2 heterocycles. The predicted octanol–water partition coefficient (Wildman–Crippen LogP) is 1.50. The summed E-state index contributed by atoms with van der Waals surface area (Å²) in [6.07, 6.45) is 4.20. The number of rotatable bonds is 2. The van der Waals surface area contributed by atoms with Gasteiger partial charge in [0, 0.05) is 31.2 Å². The quantitative estimate of drug-likeness (QED) is 0.779. The van der Waals surface area contributed by atoms with Crippen LogP contribution in [-0.4, -0.2) is 20.8 Å². The molecular weight excluding hydrogens is 176 g/mol. The van der Waals surface area contributed by atoms with Crippen LogP contribution in [0.1, 0.15) is 12.5 Å². The molecule has 0 unspecified atom stereocenters. The molecule has 0 bridgehead atoms. The van der Waals surface area contributed by atoms with Crippen molar-refractivity contribution in [1.82, 2.24) is 9.55 Å². The largest absolute Gasteiger partial charge is 0.393 e. The van der Waals surface area contributed by atoms with Gasteiger partial charge in [0.05, 0.1) is 6.10 Å². The summed E-state index contributed by atoms with van der Waals surface area (Å²) in [5.74, 6) is 0. The van der Waals surface area contributed by atoms with Crippen LogP contribution >= 0.6 is 0 Å². The molecule has 2 aromatic rings. The first-order chi connectivity index (χ1) is 6.68. The van der Waals surface area contributed by atoms with Crippen molar-refractivity contribution in [1.29, 1.82) is 0 Å². The normalized spacial score (nSPS) is 13.4. The molecule has 0 aliphatic rings. The second kappa shape index (κ2) is 3.42. The number of aliphatic hydroxyl groups excluding tert-OH is 1. The van der Waals surface area contributed by atoms with Crippen LogP contribution in [0, 0.1) is 0 Å². The average Bonchev–Trinajstić information content (AvgIpc) is 2.44. The molecule has 0 aliphatic heterocycles. The lowest BCUT2D eigenvalue weighted by Gasteiger charge is -2.01. The lowest BCUT2D eigenvalue weighted by atomic mass is 10.1. The van der Waals surface area contributed by atoms with Gasteiger partial charge < -0.3 is 9.67 Å². The minimum absolute atomic E-state index is 0.305. The highest BCUT2D eigenvalue weighted by atomic mass is 16.3. The molecule has 2 aromatic heterocycles. The number of pyridine rings is 1. The zero-order valence-electron chi connectivity index (χ0n) is 8.44. The van der Waals surface area contributed by atoms with Gasteiger partial charge in [-0.25, -0.2) is 4.98 Å². The van der Waals surface area contributed by atoms with Crippen LogP contribution in [0.2, 0.25) is 0 Å². The Kier molecular flexibility index (Phi) is 2.25. The number of hydrogen-bond acceptors (Lipinski definition) is 2. The summed E-state index contributed by atoms with van der Waals surface area (Å²) in [7, 11) is 1.97. The minimum atomic E-state index is -0.305. The second-order valence-corrected chi connectivity index (χ2v) is 3.69. The first-order valence-corrected chi connectivity index (χ1v) is 4.75. The number of aromatic nitrogens is 2. The number of aryl methyl sites for hydroxylation is 1. The summed E-state index contributed by atoms with van der Waals surface area (Å²) in [6.45, 7) is 1.80. The van der Waals surface area contributed by atoms with E-state index in [1.807, 2.05) is 29.9 Å². The van der Waals surface area contributed by atoms with Crippen molar-refractivity contribution in [3.05, 3.63) is 30.1 Å². The molecule has 0 aromatic carbocycles. The van der Waals surface area contributed by atoms with Crippen LogP contribution in [0.25, 0.3) is 11.0 Å². The van der Waals surface area contributed by atoms with E-state index in [-0.39, 0.29) is 6.10 Å². The standard InChI is InChI=1S/C11H14N2O/c1-8(14)6-9-7-13(2)11-10(9)4-3-5-12-11/h3-5,7-8,14H,6H2,1-2H3/t8-/m0/s1. The molecule has 0 saturated heterocycles. The predicted molar refractivity (Wildman–Crippen MR) is 56.1 cm³/mol. The highest BCUT2D eigenvalue weighted by molar-refractivity contribution is 5.80. The van der Waals surface area contributed by atoms with Gasteiger partial charge in [-0.05, 0) is 24.6 Å². The van der Waals surface area contributed by atoms with Crippen LogP contribution in [0.5, 0.6) is 0 Å². The van der Waals surface area contributed by atoms with Gasteiger partial charge in [-0.3, -0.25) is 0 Å². The molecule has 0 aliphatic carbocycles. The van der Waals surface area contributed by atoms with Crippen LogP contribution in [0.3, 0.4) is 0 Å². The molecule has 0 spiro atoms. The van der Waals surface area contributed by atoms with Crippen molar-refractivity contribution < 1.29 is 5.11 Å². The van der Waals surface area contributed by atoms with Gasteiger partial charge in [0.2, 0.25) is 0 Å². The summed E-state index contributed by atoms with van der Waals surface area (Å²) in [6, 6.07) is 3.97. The summed E-state index contributed by atoms with van der Waals surface area (Å²) >= 11 is 0. The minimum Gasteiger partial charge on any atom is -0.393 e. The van der Waals surface area contributed by atoms with Crippen molar-refractivity contribution in [2.75, 3.05) is 0 Å². The van der Waals surface area contributed by atoms with Crippen LogP contribution in [0.4, 0.5) is 0 Å². The average molecular weight is 190 g/mol. The van der Waals surface area contributed by atoms with E-state index in [1.165, 1.54) is 0 Å². The maximum Gasteiger partial charge on any atom is 0.139 e. The van der Waals surface area contributed by atoms with Gasteiger partial charge in [0.15, 0.2) is 0 Å². The lowest BCUT2D eigenvalue weighted by molar-refractivity contribution is 0.196. The first kappa shape index (κ1) is 9.21. The maximum atomic E-state index is 9.34. The molecule has 0 amide bonds. The third-order valence-corrected chi connectivity index (χ3v) is 2.33. The molecule has 0 radical (unpaired) electrons. The number of fused-ring (bicyclic) bond motifs is 1. The van der Waals surface area contributed by atoms with Gasteiger partial charge in [0.1, 0.15) is 5.65 Å². The highest BCUT2D eigenvalue weighted by Crippen LogP contribution is 2.19. The second-order valence-electron chi connectivity index (χ2n) is 3.69. The van der Waals surface area contributed by atoms with E-state index in [1.54, 1.807) is 13.1 Å². The zero-order valence-corrected chi connectivity index (χ0v) is 8.44. The lowest BCUT2D eigenvalue weighted by Crippen LogP contribution is -2.03. The Morgan fingerprint density at radius 1 is 1.57 bits per heavy atom. The summed E-state index contributed by atoms with van der Waals surface area (Å²) in [5.41, 5.74) is 2.13. The van der Waals surface area contributed by atoms with Gasteiger partial charge in [0.25, 0.3) is 0 Å². The molecule has 2 rings (SSSR count). The van der Waals surface area contributed by atoms with Gasteiger partial charge >= 0.3 is 0 Å². The summed E-state index contributed by atoms with van der Waals surface area (Å²) < 4.78 is 1.99. The topological polar surface area (TPSA) is 38.0 Å². The molecule has 14 heavy (non-hydrogen) atoms. The molecule has 3 heteroatoms. The third-order valence-electron chi connectivity index (χ3n) is 2.33. The van der Waals surface area contributed by atoms with E-state index in [2.05, 4.69) is 4.98 Å². The Hall–Kier alpha value is -1.35. The highest BCUT2D eigenvalue weighted by Gasteiger charge is 2.08. The number of aliphatic hydroxyl groups is 1. The molecule has 0 fully saturated rings. The number of nitrogens with zero attached hydrogens (tertiary/aromatic N) is 2. The summed E-state index contributed by atoms with van der Waals surface area (Å²) in [4.78, 5) is 4.29. The monoisotopic (exact) mass is 190 g/mol. The molecule has 3 nitrogen and oxygen atoms in total. The fourth-order valence-electron chi connectivity index (χ4n) is 1.77. The van der Waals surface area contributed by atoms with Crippen LogP contribution in [0.15, 0.2) is 24.5 Å². The fourth-order valence-corrected chi connectivity index (χ4v) is 1.77. The van der Waals surface area contributed by atoms with Gasteiger partial charge in [-0.2, -0.15) is 0 Å². The maximum absolute atomic E-state index is 9.34. The van der Waals surface area contributed by atoms with Crippen molar-refractivity contribution in [3.63, 3.8) is 0 Å². The van der Waals surface area contributed by atoms with Crippen molar-refractivity contribution >= 4 is 11.0 Å². The molecule has 1 N–H and O–H groups in total. The fraction of sp³-hybridized carbons (Fsp3) is 0.364. The Bertz CT molecular complexity index is 445. The SMILES string of the molecule is C[C@H](O)Cc1cn(C)c2ncccc12. The molecule has 1 atom stereocenters. The smallest absolute Gasteiger partial charge is 0.139 e. The van der Waals surface area contributed by atoms with Gasteiger partial charge in [-0.15, -0.1) is 0 Å². The molecular formula is C11H14N2O. The van der Waals surface area contributed by atoms with E-state index in [9.17, 15) is 5.11 Å². The molecule has 0 saturated carbocycles. The van der Waals surface area contributed by atoms with Gasteiger partial charge in [-0.1, -0.05) is 0 Å². The van der Waals surface area contributed by atoms with Crippen molar-refractivity contribution in [2.24, 2.45) is 7.05 Å². The van der Waals surface area contributed by atoms with Crippen LogP contribution in [-0.2, 0) is 13.5 Å². The Balaban J connectivity index is 2.55.